The van der Waals surface area contributed by atoms with Crippen molar-refractivity contribution in [3.05, 3.63) is 42.1 Å². The molecule has 1 aromatic carbocycles. The van der Waals surface area contributed by atoms with Gasteiger partial charge in [-0.3, -0.25) is 4.72 Å². The normalized spacial score (nSPS) is 23.4. The van der Waals surface area contributed by atoms with Gasteiger partial charge in [-0.1, -0.05) is 23.4 Å². The molecule has 0 aliphatic carbocycles. The molecule has 2 aliphatic heterocycles. The molecule has 0 fully saturated rings. The molecule has 0 amide bonds. The van der Waals surface area contributed by atoms with Crippen LogP contribution in [0.5, 0.6) is 0 Å². The van der Waals surface area contributed by atoms with E-state index >= 15 is 0 Å². The lowest BCUT2D eigenvalue weighted by Crippen LogP contribution is -2.42. The fourth-order valence-electron chi connectivity index (χ4n) is 2.74. The Morgan fingerprint density at radius 1 is 1.35 bits per heavy atom. The molecule has 9 heteroatoms. The summed E-state index contributed by atoms with van der Waals surface area (Å²) < 4.78 is 30.1. The first kappa shape index (κ1) is 14.9. The lowest BCUT2D eigenvalue weighted by Gasteiger charge is -2.23. The summed E-state index contributed by atoms with van der Waals surface area (Å²) in [6.07, 6.45) is 3.62. The molecule has 23 heavy (non-hydrogen) atoms. The van der Waals surface area contributed by atoms with Crippen molar-refractivity contribution in [2.45, 2.75) is 10.9 Å². The molecule has 2 aliphatic rings. The quantitative estimate of drug-likeness (QED) is 0.668. The topological polar surface area (TPSA) is 66.7 Å². The van der Waals surface area contributed by atoms with Gasteiger partial charge in [0.15, 0.2) is 16.0 Å². The van der Waals surface area contributed by atoms with E-state index in [0.29, 0.717) is 10.9 Å². The summed E-state index contributed by atoms with van der Waals surface area (Å²) in [7, 11) is -1.78. The highest BCUT2D eigenvalue weighted by molar-refractivity contribution is 8.16. The molecule has 2 unspecified atom stereocenters. The molecular formula is C14H13ClN4O2S2. The van der Waals surface area contributed by atoms with Gasteiger partial charge in [-0.05, 0) is 29.7 Å². The van der Waals surface area contributed by atoms with Gasteiger partial charge in [-0.2, -0.15) is 0 Å². The molecule has 0 spiro atoms. The molecule has 0 saturated heterocycles. The third-order valence-corrected chi connectivity index (χ3v) is 6.73. The molecule has 0 bridgehead atoms. The van der Waals surface area contributed by atoms with Crippen molar-refractivity contribution in [1.29, 1.82) is 0 Å². The van der Waals surface area contributed by atoms with Gasteiger partial charge in [-0.15, -0.1) is 0 Å². The predicted molar refractivity (Wildman–Crippen MR) is 94.9 cm³/mol. The standard InChI is InChI=1S/C14H13ClN4O2S2/c1-18-5-4-9-8-10(2-3-11(9)18)17-23(20,21)13-12(15)16-14-19(13)6-7-22-14/h2-8,12-13,17H,1H3. The van der Waals surface area contributed by atoms with Gasteiger partial charge in [-0.25, -0.2) is 13.4 Å². The largest absolute Gasteiger partial charge is 0.351 e. The predicted octanol–water partition coefficient (Wildman–Crippen LogP) is 2.70. The van der Waals surface area contributed by atoms with E-state index in [1.54, 1.807) is 28.6 Å². The van der Waals surface area contributed by atoms with Crippen LogP contribution in [0.4, 0.5) is 5.69 Å². The number of thioether (sulfide) groups is 1. The monoisotopic (exact) mass is 368 g/mol. The van der Waals surface area contributed by atoms with Gasteiger partial charge in [0, 0.05) is 36.0 Å². The van der Waals surface area contributed by atoms with E-state index in [1.807, 2.05) is 29.9 Å². The molecule has 1 aromatic heterocycles. The van der Waals surface area contributed by atoms with Crippen molar-refractivity contribution in [3.8, 4) is 0 Å². The van der Waals surface area contributed by atoms with Gasteiger partial charge in [0.05, 0.1) is 0 Å². The van der Waals surface area contributed by atoms with Crippen molar-refractivity contribution >= 4 is 55.1 Å². The highest BCUT2D eigenvalue weighted by Gasteiger charge is 2.45. The summed E-state index contributed by atoms with van der Waals surface area (Å²) in [6.45, 7) is 0. The van der Waals surface area contributed by atoms with Crippen LogP contribution in [0.1, 0.15) is 0 Å². The average Bonchev–Trinajstić information content (AvgIpc) is 3.13. The number of anilines is 1. The molecule has 3 heterocycles. The maximum atomic E-state index is 12.7. The van der Waals surface area contributed by atoms with Gasteiger partial charge in [0.2, 0.25) is 0 Å². The molecule has 4 rings (SSSR count). The second-order valence-electron chi connectivity index (χ2n) is 5.33. The summed E-state index contributed by atoms with van der Waals surface area (Å²) >= 11 is 7.49. The third-order valence-electron chi connectivity index (χ3n) is 3.82. The minimum absolute atomic E-state index is 0.511. The number of nitrogens with zero attached hydrogens (tertiary/aromatic N) is 3. The molecule has 2 aromatic rings. The van der Waals surface area contributed by atoms with E-state index in [9.17, 15) is 8.42 Å². The highest BCUT2D eigenvalue weighted by atomic mass is 35.5. The lowest BCUT2D eigenvalue weighted by atomic mass is 10.2. The summed E-state index contributed by atoms with van der Waals surface area (Å²) in [5.74, 6) is 0. The molecule has 120 valence electrons. The number of hydrogen-bond acceptors (Lipinski definition) is 5. The smallest absolute Gasteiger partial charge is 0.257 e. The van der Waals surface area contributed by atoms with Crippen LogP contribution < -0.4 is 4.72 Å². The number of aliphatic imine (C=N–C) groups is 1. The fourth-order valence-corrected chi connectivity index (χ4v) is 5.67. The fraction of sp³-hybridized carbons (Fsp3) is 0.214. The van der Waals surface area contributed by atoms with Crippen LogP contribution in [0, 0.1) is 0 Å². The van der Waals surface area contributed by atoms with Gasteiger partial charge >= 0.3 is 0 Å². The Balaban J connectivity index is 1.65. The van der Waals surface area contributed by atoms with E-state index < -0.39 is 20.9 Å². The molecule has 2 atom stereocenters. The number of alkyl halides is 1. The number of amidine groups is 1. The van der Waals surface area contributed by atoms with Gasteiger partial charge in [0.1, 0.15) is 0 Å². The highest BCUT2D eigenvalue weighted by Crippen LogP contribution is 2.35. The van der Waals surface area contributed by atoms with E-state index in [1.165, 1.54) is 11.8 Å². The maximum absolute atomic E-state index is 12.7. The first-order chi connectivity index (χ1) is 11.0. The number of fused-ring (bicyclic) bond motifs is 2. The number of rotatable bonds is 3. The summed E-state index contributed by atoms with van der Waals surface area (Å²) in [6, 6.07) is 7.37. The van der Waals surface area contributed by atoms with Crippen LogP contribution in [-0.4, -0.2) is 33.9 Å². The van der Waals surface area contributed by atoms with Crippen LogP contribution in [0.15, 0.2) is 47.1 Å². The lowest BCUT2D eigenvalue weighted by molar-refractivity contribution is 0.504. The van der Waals surface area contributed by atoms with Gasteiger partial charge in [0.25, 0.3) is 10.0 Å². The van der Waals surface area contributed by atoms with Crippen molar-refractivity contribution < 1.29 is 8.42 Å². The number of aromatic nitrogens is 1. The zero-order chi connectivity index (χ0) is 16.2. The van der Waals surface area contributed by atoms with E-state index in [4.69, 9.17) is 11.6 Å². The number of benzene rings is 1. The zero-order valence-electron chi connectivity index (χ0n) is 12.0. The first-order valence-corrected chi connectivity index (χ1v) is 9.72. The molecule has 1 N–H and O–H groups in total. The maximum Gasteiger partial charge on any atom is 0.257 e. The molecule has 0 saturated carbocycles. The molecule has 6 nitrogen and oxygen atoms in total. The van der Waals surface area contributed by atoms with Crippen LogP contribution in [0.25, 0.3) is 10.9 Å². The summed E-state index contributed by atoms with van der Waals surface area (Å²) in [5.41, 5.74) is 0.714. The SMILES string of the molecule is Cn1ccc2cc(NS(=O)(=O)C3C(Cl)N=C4SC=CN43)ccc21. The summed E-state index contributed by atoms with van der Waals surface area (Å²) in [5, 5.41) is 2.42. The van der Waals surface area contributed by atoms with Gasteiger partial charge < -0.3 is 9.47 Å². The Bertz CT molecular complexity index is 951. The first-order valence-electron chi connectivity index (χ1n) is 6.86. The Hall–Kier alpha value is -1.64. The van der Waals surface area contributed by atoms with Crippen LogP contribution in [0.3, 0.4) is 0 Å². The summed E-state index contributed by atoms with van der Waals surface area (Å²) in [4.78, 5) is 5.77. The van der Waals surface area contributed by atoms with Crippen molar-refractivity contribution in [3.63, 3.8) is 0 Å². The number of aryl methyl sites for hydroxylation is 1. The number of sulfonamides is 1. The number of nitrogens with one attached hydrogen (secondary N) is 1. The van der Waals surface area contributed by atoms with Crippen molar-refractivity contribution in [2.75, 3.05) is 4.72 Å². The number of hydrogen-bond donors (Lipinski definition) is 1. The third kappa shape index (κ3) is 2.41. The van der Waals surface area contributed by atoms with Crippen LogP contribution >= 0.6 is 23.4 Å². The van der Waals surface area contributed by atoms with Crippen LogP contribution in [0.2, 0.25) is 0 Å². The van der Waals surface area contributed by atoms with E-state index in [-0.39, 0.29) is 0 Å². The zero-order valence-corrected chi connectivity index (χ0v) is 14.4. The Morgan fingerprint density at radius 3 is 3.00 bits per heavy atom. The number of halogens is 1. The van der Waals surface area contributed by atoms with Crippen LogP contribution in [-0.2, 0) is 17.1 Å². The van der Waals surface area contributed by atoms with E-state index in [0.717, 1.165) is 10.9 Å². The minimum atomic E-state index is -3.72. The second kappa shape index (κ2) is 5.19. The Kier molecular flexibility index (Phi) is 3.36. The minimum Gasteiger partial charge on any atom is -0.351 e. The van der Waals surface area contributed by atoms with Crippen molar-refractivity contribution in [1.82, 2.24) is 9.47 Å². The van der Waals surface area contributed by atoms with Crippen molar-refractivity contribution in [2.24, 2.45) is 12.0 Å². The van der Waals surface area contributed by atoms with E-state index in [2.05, 4.69) is 9.71 Å². The average molecular weight is 369 g/mol. The Morgan fingerprint density at radius 2 is 2.17 bits per heavy atom. The molecule has 0 radical (unpaired) electrons. The molecular weight excluding hydrogens is 356 g/mol. The second-order valence-corrected chi connectivity index (χ2v) is 8.43. The Labute approximate surface area is 142 Å².